The Labute approximate surface area is 155 Å². The third-order valence-corrected chi connectivity index (χ3v) is 4.22. The van der Waals surface area contributed by atoms with Crippen LogP contribution in [-0.2, 0) is 32.2 Å². The SMILES string of the molecule is O=C(COC(=O)[C@@H]1CC(=O)N(Cc2ccco2)C1)NCc1ccc(F)cc1. The minimum atomic E-state index is -0.600. The van der Waals surface area contributed by atoms with Gasteiger partial charge < -0.3 is 19.4 Å². The van der Waals surface area contributed by atoms with Crippen molar-refractivity contribution in [1.82, 2.24) is 10.2 Å². The smallest absolute Gasteiger partial charge is 0.311 e. The molecule has 7 nitrogen and oxygen atoms in total. The Morgan fingerprint density at radius 3 is 2.74 bits per heavy atom. The van der Waals surface area contributed by atoms with E-state index in [0.29, 0.717) is 12.3 Å². The van der Waals surface area contributed by atoms with Crippen molar-refractivity contribution in [2.45, 2.75) is 19.5 Å². The highest BCUT2D eigenvalue weighted by Crippen LogP contribution is 2.21. The molecule has 0 radical (unpaired) electrons. The minimum Gasteiger partial charge on any atom is -0.467 e. The predicted molar refractivity (Wildman–Crippen MR) is 91.4 cm³/mol. The largest absolute Gasteiger partial charge is 0.467 e. The molecule has 0 aliphatic carbocycles. The summed E-state index contributed by atoms with van der Waals surface area (Å²) in [7, 11) is 0. The molecule has 1 fully saturated rings. The number of nitrogens with zero attached hydrogens (tertiary/aromatic N) is 1. The molecule has 1 aromatic carbocycles. The zero-order valence-corrected chi connectivity index (χ0v) is 14.5. The first-order valence-corrected chi connectivity index (χ1v) is 8.49. The van der Waals surface area contributed by atoms with Gasteiger partial charge in [-0.15, -0.1) is 0 Å². The van der Waals surface area contributed by atoms with Gasteiger partial charge >= 0.3 is 5.97 Å². The molecule has 0 bridgehead atoms. The van der Waals surface area contributed by atoms with E-state index in [9.17, 15) is 18.8 Å². The third kappa shape index (κ3) is 5.16. The Kier molecular flexibility index (Phi) is 5.85. The number of hydrogen-bond acceptors (Lipinski definition) is 5. The van der Waals surface area contributed by atoms with Crippen LogP contribution in [0.2, 0.25) is 0 Å². The molecule has 1 aliphatic rings. The van der Waals surface area contributed by atoms with E-state index in [-0.39, 0.29) is 31.2 Å². The van der Waals surface area contributed by atoms with Gasteiger partial charge in [-0.1, -0.05) is 12.1 Å². The standard InChI is InChI=1S/C19H19FN2O5/c20-15-5-3-13(4-6-15)9-21-17(23)12-27-19(25)14-8-18(24)22(10-14)11-16-2-1-7-26-16/h1-7,14H,8-12H2,(H,21,23)/t14-/m1/s1. The highest BCUT2D eigenvalue weighted by atomic mass is 19.1. The lowest BCUT2D eigenvalue weighted by atomic mass is 10.1. The van der Waals surface area contributed by atoms with Crippen molar-refractivity contribution in [2.24, 2.45) is 5.92 Å². The molecule has 2 heterocycles. The lowest BCUT2D eigenvalue weighted by molar-refractivity contribution is -0.152. The molecule has 1 saturated heterocycles. The van der Waals surface area contributed by atoms with Gasteiger partial charge in [-0.3, -0.25) is 14.4 Å². The molecular weight excluding hydrogens is 355 g/mol. The summed E-state index contributed by atoms with van der Waals surface area (Å²) in [6, 6.07) is 9.19. The average Bonchev–Trinajstić information content (AvgIpc) is 3.30. The lowest BCUT2D eigenvalue weighted by Crippen LogP contribution is -2.31. The van der Waals surface area contributed by atoms with Crippen LogP contribution in [0, 0.1) is 11.7 Å². The summed E-state index contributed by atoms with van der Waals surface area (Å²) in [5.41, 5.74) is 0.728. The van der Waals surface area contributed by atoms with Crippen molar-refractivity contribution in [3.8, 4) is 0 Å². The second kappa shape index (κ2) is 8.48. The highest BCUT2D eigenvalue weighted by molar-refractivity contribution is 5.88. The van der Waals surface area contributed by atoms with Crippen LogP contribution in [0.3, 0.4) is 0 Å². The summed E-state index contributed by atoms with van der Waals surface area (Å²) < 4.78 is 23.0. The number of amides is 2. The van der Waals surface area contributed by atoms with E-state index in [1.807, 2.05) is 0 Å². The maximum Gasteiger partial charge on any atom is 0.311 e. The summed E-state index contributed by atoms with van der Waals surface area (Å²) >= 11 is 0. The monoisotopic (exact) mass is 374 g/mol. The number of halogens is 1. The zero-order valence-electron chi connectivity index (χ0n) is 14.5. The highest BCUT2D eigenvalue weighted by Gasteiger charge is 2.35. The summed E-state index contributed by atoms with van der Waals surface area (Å²) in [5.74, 6) is -1.53. The number of nitrogens with one attached hydrogen (secondary N) is 1. The van der Waals surface area contributed by atoms with Gasteiger partial charge in [0.2, 0.25) is 5.91 Å². The van der Waals surface area contributed by atoms with Gasteiger partial charge in [-0.25, -0.2) is 4.39 Å². The fourth-order valence-electron chi connectivity index (χ4n) is 2.78. The number of carbonyl (C=O) groups excluding carboxylic acids is 3. The van der Waals surface area contributed by atoms with Gasteiger partial charge in [0, 0.05) is 19.5 Å². The van der Waals surface area contributed by atoms with E-state index < -0.39 is 24.4 Å². The number of furan rings is 1. The second-order valence-corrected chi connectivity index (χ2v) is 6.27. The van der Waals surface area contributed by atoms with Crippen LogP contribution >= 0.6 is 0 Å². The molecule has 1 aromatic heterocycles. The molecule has 142 valence electrons. The summed E-state index contributed by atoms with van der Waals surface area (Å²) in [4.78, 5) is 37.4. The van der Waals surface area contributed by atoms with E-state index in [4.69, 9.17) is 9.15 Å². The minimum absolute atomic E-state index is 0.0523. The first-order valence-electron chi connectivity index (χ1n) is 8.49. The molecule has 2 amide bonds. The summed E-state index contributed by atoms with van der Waals surface area (Å²) in [6.07, 6.45) is 1.57. The normalized spacial score (nSPS) is 16.4. The molecular formula is C19H19FN2O5. The third-order valence-electron chi connectivity index (χ3n) is 4.22. The first kappa shape index (κ1) is 18.6. The van der Waals surface area contributed by atoms with E-state index in [1.54, 1.807) is 24.3 Å². The number of hydrogen-bond donors (Lipinski definition) is 1. The van der Waals surface area contributed by atoms with Crippen LogP contribution < -0.4 is 5.32 Å². The number of benzene rings is 1. The van der Waals surface area contributed by atoms with Gasteiger partial charge in [-0.05, 0) is 29.8 Å². The maximum atomic E-state index is 12.8. The van der Waals surface area contributed by atoms with E-state index in [0.717, 1.165) is 5.56 Å². The molecule has 0 unspecified atom stereocenters. The molecule has 1 aliphatic heterocycles. The van der Waals surface area contributed by atoms with E-state index in [1.165, 1.54) is 23.3 Å². The van der Waals surface area contributed by atoms with Crippen molar-refractivity contribution in [1.29, 1.82) is 0 Å². The van der Waals surface area contributed by atoms with Crippen molar-refractivity contribution in [3.05, 3.63) is 59.8 Å². The van der Waals surface area contributed by atoms with Crippen LogP contribution in [0.4, 0.5) is 4.39 Å². The zero-order chi connectivity index (χ0) is 19.2. The van der Waals surface area contributed by atoms with E-state index >= 15 is 0 Å². The summed E-state index contributed by atoms with van der Waals surface area (Å²) in [6.45, 7) is 0.307. The molecule has 3 rings (SSSR count). The molecule has 0 spiro atoms. The number of carbonyl (C=O) groups is 3. The van der Waals surface area contributed by atoms with Crippen LogP contribution in [0.25, 0.3) is 0 Å². The Bertz CT molecular complexity index is 804. The Morgan fingerprint density at radius 1 is 1.26 bits per heavy atom. The topological polar surface area (TPSA) is 88.9 Å². The lowest BCUT2D eigenvalue weighted by Gasteiger charge is -2.14. The van der Waals surface area contributed by atoms with Gasteiger partial charge in [0.15, 0.2) is 6.61 Å². The maximum absolute atomic E-state index is 12.8. The fraction of sp³-hybridized carbons (Fsp3) is 0.316. The second-order valence-electron chi connectivity index (χ2n) is 6.27. The van der Waals surface area contributed by atoms with Gasteiger partial charge in [0.25, 0.3) is 5.91 Å². The van der Waals surface area contributed by atoms with Crippen molar-refractivity contribution < 1.29 is 27.9 Å². The fourth-order valence-corrected chi connectivity index (χ4v) is 2.78. The predicted octanol–water partition coefficient (Wildman–Crippen LogP) is 1.63. The van der Waals surface area contributed by atoms with E-state index in [2.05, 4.69) is 5.32 Å². The first-order chi connectivity index (χ1) is 13.0. The number of likely N-dealkylation sites (tertiary alicyclic amines) is 1. The van der Waals surface area contributed by atoms with Gasteiger partial charge in [0.05, 0.1) is 18.7 Å². The number of esters is 1. The van der Waals surface area contributed by atoms with Crippen LogP contribution in [0.5, 0.6) is 0 Å². The molecule has 8 heteroatoms. The van der Waals surface area contributed by atoms with Crippen LogP contribution in [0.15, 0.2) is 47.1 Å². The average molecular weight is 374 g/mol. The number of rotatable bonds is 7. The quantitative estimate of drug-likeness (QED) is 0.744. The van der Waals surface area contributed by atoms with Crippen LogP contribution in [0.1, 0.15) is 17.7 Å². The van der Waals surface area contributed by atoms with Crippen molar-refractivity contribution in [2.75, 3.05) is 13.2 Å². The summed E-state index contributed by atoms with van der Waals surface area (Å²) in [5, 5.41) is 2.58. The number of ether oxygens (including phenoxy) is 1. The molecule has 0 saturated carbocycles. The van der Waals surface area contributed by atoms with Gasteiger partial charge in [0.1, 0.15) is 11.6 Å². The van der Waals surface area contributed by atoms with Crippen molar-refractivity contribution in [3.63, 3.8) is 0 Å². The molecule has 27 heavy (non-hydrogen) atoms. The van der Waals surface area contributed by atoms with Crippen LogP contribution in [-0.4, -0.2) is 35.8 Å². The Hall–Kier alpha value is -3.16. The molecule has 1 atom stereocenters. The molecule has 1 N–H and O–H groups in total. The Morgan fingerprint density at radius 2 is 2.04 bits per heavy atom. The van der Waals surface area contributed by atoms with Crippen molar-refractivity contribution >= 4 is 17.8 Å². The Balaban J connectivity index is 1.40. The molecule has 2 aromatic rings. The van der Waals surface area contributed by atoms with Gasteiger partial charge in [-0.2, -0.15) is 0 Å².